The van der Waals surface area contributed by atoms with Crippen molar-refractivity contribution in [2.75, 3.05) is 52.7 Å². The first-order valence-electron chi connectivity index (χ1n) is 12.3. The minimum atomic E-state index is -0.493. The van der Waals surface area contributed by atoms with Gasteiger partial charge in [-0.1, -0.05) is 19.3 Å². The maximum atomic E-state index is 13.4. The second-order valence-electron chi connectivity index (χ2n) is 8.52. The molecule has 7 nitrogen and oxygen atoms in total. The van der Waals surface area contributed by atoms with Crippen molar-refractivity contribution in [1.29, 1.82) is 0 Å². The van der Waals surface area contributed by atoms with Crippen LogP contribution in [0, 0.1) is 5.92 Å². The Balaban J connectivity index is 1.70. The number of aliphatic hydroxyl groups excluding tert-OH is 1. The monoisotopic (exact) mass is 481 g/mol. The smallest absolute Gasteiger partial charge is 0.288 e. The zero-order chi connectivity index (χ0) is 23.3. The average Bonchev–Trinajstić information content (AvgIpc) is 3.33. The van der Waals surface area contributed by atoms with E-state index in [9.17, 15) is 4.79 Å². The molecule has 1 amide bonds. The molecule has 1 fully saturated rings. The first-order chi connectivity index (χ1) is 16.2. The summed E-state index contributed by atoms with van der Waals surface area (Å²) in [5.41, 5.74) is 1.18. The van der Waals surface area contributed by atoms with Gasteiger partial charge in [0.2, 0.25) is 6.29 Å². The molecule has 1 N–H and O–H groups in total. The number of allylic oxidation sites excluding steroid dienone is 1. The Labute approximate surface area is 201 Å². The third-order valence-corrected chi connectivity index (χ3v) is 6.90. The van der Waals surface area contributed by atoms with E-state index in [2.05, 4.69) is 16.8 Å². The van der Waals surface area contributed by atoms with Gasteiger partial charge < -0.3 is 29.0 Å². The lowest BCUT2D eigenvalue weighted by Crippen LogP contribution is -2.41. The summed E-state index contributed by atoms with van der Waals surface area (Å²) in [6.45, 7) is 5.86. The van der Waals surface area contributed by atoms with Gasteiger partial charge >= 0.3 is 0 Å². The lowest BCUT2D eigenvalue weighted by atomic mass is 9.82. The number of nitrogens with zero attached hydrogens (tertiary/aromatic N) is 1. The normalized spacial score (nSPS) is 24.0. The summed E-state index contributed by atoms with van der Waals surface area (Å²) in [4.78, 5) is 15.4. The third-order valence-electron chi connectivity index (χ3n) is 6.20. The maximum Gasteiger partial charge on any atom is 0.288 e. The molecule has 0 spiro atoms. The van der Waals surface area contributed by atoms with Crippen LogP contribution in [0.15, 0.2) is 28.7 Å². The molecule has 0 aromatic carbocycles. The number of carbonyl (C=O) groups is 1. The highest BCUT2D eigenvalue weighted by molar-refractivity contribution is 7.08. The van der Waals surface area contributed by atoms with Crippen LogP contribution in [0.2, 0.25) is 0 Å². The van der Waals surface area contributed by atoms with Crippen molar-refractivity contribution in [1.82, 2.24) is 4.90 Å². The van der Waals surface area contributed by atoms with E-state index in [0.29, 0.717) is 38.8 Å². The van der Waals surface area contributed by atoms with Crippen molar-refractivity contribution in [2.24, 2.45) is 5.92 Å². The SMILES string of the molecule is CCO[C@@H]1OC(C(=O)N2CCCCCCC2)=C[C@H](c2ccsc2)[C@H]1CCOCCOCCO. The van der Waals surface area contributed by atoms with E-state index in [0.717, 1.165) is 32.4 Å². The molecule has 3 rings (SSSR count). The number of hydrogen-bond donors (Lipinski definition) is 1. The molecule has 2 aliphatic heterocycles. The minimum absolute atomic E-state index is 0.0161. The van der Waals surface area contributed by atoms with Crippen LogP contribution in [0.3, 0.4) is 0 Å². The third kappa shape index (κ3) is 8.07. The van der Waals surface area contributed by atoms with Crippen LogP contribution in [0.25, 0.3) is 0 Å². The number of carbonyl (C=O) groups excluding carboxylic acids is 1. The van der Waals surface area contributed by atoms with Gasteiger partial charge in [-0.2, -0.15) is 11.3 Å². The fourth-order valence-electron chi connectivity index (χ4n) is 4.49. The van der Waals surface area contributed by atoms with Gasteiger partial charge in [0.25, 0.3) is 5.91 Å². The van der Waals surface area contributed by atoms with Gasteiger partial charge in [-0.25, -0.2) is 0 Å². The lowest BCUT2D eigenvalue weighted by molar-refractivity contribution is -0.172. The van der Waals surface area contributed by atoms with E-state index in [1.807, 2.05) is 17.9 Å². The summed E-state index contributed by atoms with van der Waals surface area (Å²) < 4.78 is 23.2. The topological polar surface area (TPSA) is 77.5 Å². The van der Waals surface area contributed by atoms with Crippen molar-refractivity contribution in [3.63, 3.8) is 0 Å². The van der Waals surface area contributed by atoms with Crippen LogP contribution in [-0.2, 0) is 23.7 Å². The Bertz CT molecular complexity index is 702. The fraction of sp³-hybridized carbons (Fsp3) is 0.720. The van der Waals surface area contributed by atoms with E-state index >= 15 is 0 Å². The molecule has 1 aromatic rings. The lowest BCUT2D eigenvalue weighted by Gasteiger charge is -2.38. The predicted octanol–water partition coefficient (Wildman–Crippen LogP) is 3.93. The molecule has 186 valence electrons. The van der Waals surface area contributed by atoms with E-state index < -0.39 is 6.29 Å². The largest absolute Gasteiger partial charge is 0.459 e. The molecular formula is C25H39NO6S. The number of ether oxygens (including phenoxy) is 4. The average molecular weight is 482 g/mol. The molecule has 8 heteroatoms. The highest BCUT2D eigenvalue weighted by Gasteiger charge is 2.39. The second kappa shape index (κ2) is 14.7. The van der Waals surface area contributed by atoms with Crippen LogP contribution >= 0.6 is 11.3 Å². The Morgan fingerprint density at radius 2 is 1.85 bits per heavy atom. The zero-order valence-electron chi connectivity index (χ0n) is 19.8. The van der Waals surface area contributed by atoms with E-state index in [1.54, 1.807) is 11.3 Å². The molecule has 1 saturated heterocycles. The van der Waals surface area contributed by atoms with Crippen LogP contribution in [0.5, 0.6) is 0 Å². The van der Waals surface area contributed by atoms with Gasteiger partial charge in [-0.3, -0.25) is 4.79 Å². The fourth-order valence-corrected chi connectivity index (χ4v) is 5.19. The molecule has 3 atom stereocenters. The number of amides is 1. The molecule has 1 aromatic heterocycles. The molecule has 0 unspecified atom stereocenters. The predicted molar refractivity (Wildman–Crippen MR) is 128 cm³/mol. The number of aliphatic hydroxyl groups is 1. The molecule has 33 heavy (non-hydrogen) atoms. The van der Waals surface area contributed by atoms with Gasteiger partial charge in [-0.15, -0.1) is 0 Å². The number of thiophene rings is 1. The summed E-state index contributed by atoms with van der Waals surface area (Å²) in [6, 6.07) is 2.12. The standard InChI is InChI=1S/C25H39NO6S/c1-2-31-25-21(8-13-29-15-16-30-14-12-27)22(20-9-17-33-19-20)18-23(32-25)24(28)26-10-6-4-3-5-7-11-26/h9,17-19,21-22,25,27H,2-8,10-16H2,1H3/t21-,22-,25-/m1/s1. The summed E-state index contributed by atoms with van der Waals surface area (Å²) in [7, 11) is 0. The Morgan fingerprint density at radius 3 is 2.52 bits per heavy atom. The molecule has 0 saturated carbocycles. The Morgan fingerprint density at radius 1 is 1.12 bits per heavy atom. The molecule has 0 bridgehead atoms. The molecular weight excluding hydrogens is 442 g/mol. The van der Waals surface area contributed by atoms with Crippen molar-refractivity contribution in [2.45, 2.75) is 57.7 Å². The Kier molecular flexibility index (Phi) is 11.7. The van der Waals surface area contributed by atoms with Gasteiger partial charge in [0, 0.05) is 38.1 Å². The minimum Gasteiger partial charge on any atom is -0.459 e. The van der Waals surface area contributed by atoms with Crippen molar-refractivity contribution in [3.8, 4) is 0 Å². The molecule has 0 radical (unpaired) electrons. The summed E-state index contributed by atoms with van der Waals surface area (Å²) in [6.07, 6.45) is 7.96. The van der Waals surface area contributed by atoms with Crippen molar-refractivity contribution in [3.05, 3.63) is 34.2 Å². The second-order valence-corrected chi connectivity index (χ2v) is 9.30. The summed E-state index contributed by atoms with van der Waals surface area (Å²) >= 11 is 1.66. The van der Waals surface area contributed by atoms with Crippen LogP contribution in [0.4, 0.5) is 0 Å². The van der Waals surface area contributed by atoms with Gasteiger partial charge in [0.05, 0.1) is 26.4 Å². The maximum absolute atomic E-state index is 13.4. The molecule has 2 aliphatic rings. The summed E-state index contributed by atoms with van der Waals surface area (Å²) in [5.74, 6) is 0.476. The highest BCUT2D eigenvalue weighted by atomic mass is 32.1. The van der Waals surface area contributed by atoms with E-state index in [4.69, 9.17) is 24.1 Å². The van der Waals surface area contributed by atoms with Crippen molar-refractivity contribution < 1.29 is 28.8 Å². The van der Waals surface area contributed by atoms with Gasteiger partial charge in [-0.05, 0) is 54.7 Å². The van der Waals surface area contributed by atoms with Crippen molar-refractivity contribution >= 4 is 17.2 Å². The quantitative estimate of drug-likeness (QED) is 0.456. The van der Waals surface area contributed by atoms with Crippen LogP contribution < -0.4 is 0 Å². The number of rotatable bonds is 12. The van der Waals surface area contributed by atoms with Crippen LogP contribution in [0.1, 0.15) is 56.9 Å². The highest BCUT2D eigenvalue weighted by Crippen LogP contribution is 2.40. The molecule has 0 aliphatic carbocycles. The zero-order valence-corrected chi connectivity index (χ0v) is 20.6. The van der Waals surface area contributed by atoms with Gasteiger partial charge in [0.1, 0.15) is 0 Å². The Hall–Kier alpha value is -1.45. The van der Waals surface area contributed by atoms with Gasteiger partial charge in [0.15, 0.2) is 5.76 Å². The first kappa shape index (κ1) is 26.2. The van der Waals surface area contributed by atoms with E-state index in [1.165, 1.54) is 24.8 Å². The summed E-state index contributed by atoms with van der Waals surface area (Å²) in [5, 5.41) is 13.0. The number of hydrogen-bond acceptors (Lipinski definition) is 7. The van der Waals surface area contributed by atoms with Crippen LogP contribution in [-0.4, -0.2) is 74.9 Å². The molecule has 3 heterocycles. The van der Waals surface area contributed by atoms with E-state index in [-0.39, 0.29) is 24.3 Å². The number of likely N-dealkylation sites (tertiary alicyclic amines) is 1. The first-order valence-corrected chi connectivity index (χ1v) is 13.3.